The van der Waals surface area contributed by atoms with Crippen molar-refractivity contribution in [1.29, 1.82) is 0 Å². The van der Waals surface area contributed by atoms with Crippen LogP contribution in [-0.2, 0) is 10.7 Å². The van der Waals surface area contributed by atoms with Crippen molar-refractivity contribution in [2.24, 2.45) is 0 Å². The molecule has 1 aromatic heterocycles. The van der Waals surface area contributed by atoms with E-state index in [4.69, 9.17) is 21.1 Å². The van der Waals surface area contributed by atoms with Gasteiger partial charge < -0.3 is 14.3 Å². The lowest BCUT2D eigenvalue weighted by molar-refractivity contribution is -0.139. The second-order valence-electron chi connectivity index (χ2n) is 2.39. The number of rotatable bonds is 4. The Labute approximate surface area is 83.9 Å². The van der Waals surface area contributed by atoms with Gasteiger partial charge in [-0.2, -0.15) is 0 Å². The first-order chi connectivity index (χ1) is 6.63. The van der Waals surface area contributed by atoms with Gasteiger partial charge in [0.05, 0.1) is 5.88 Å². The zero-order valence-corrected chi connectivity index (χ0v) is 7.78. The van der Waals surface area contributed by atoms with Gasteiger partial charge in [0.15, 0.2) is 6.61 Å². The van der Waals surface area contributed by atoms with E-state index < -0.39 is 18.0 Å². The van der Waals surface area contributed by atoms with Crippen molar-refractivity contribution in [2.45, 2.75) is 5.88 Å². The van der Waals surface area contributed by atoms with E-state index in [0.29, 0.717) is 5.76 Å². The largest absolute Gasteiger partial charge is 0.479 e. The van der Waals surface area contributed by atoms with E-state index in [1.165, 1.54) is 0 Å². The fourth-order valence-corrected chi connectivity index (χ4v) is 0.894. The molecule has 0 bridgehead atoms. The van der Waals surface area contributed by atoms with Crippen molar-refractivity contribution in [3.8, 4) is 5.75 Å². The van der Waals surface area contributed by atoms with Gasteiger partial charge in [0.25, 0.3) is 0 Å². The van der Waals surface area contributed by atoms with E-state index in [2.05, 4.69) is 4.74 Å². The highest BCUT2D eigenvalue weighted by Gasteiger charge is 2.05. The predicted molar refractivity (Wildman–Crippen MR) is 47.7 cm³/mol. The molecule has 0 aliphatic heterocycles. The normalized spacial score (nSPS) is 9.79. The Morgan fingerprint density at radius 1 is 1.64 bits per heavy atom. The zero-order chi connectivity index (χ0) is 10.6. The van der Waals surface area contributed by atoms with Gasteiger partial charge in [-0.05, 0) is 0 Å². The lowest BCUT2D eigenvalue weighted by Crippen LogP contribution is -2.14. The van der Waals surface area contributed by atoms with Gasteiger partial charge in [-0.15, -0.1) is 11.6 Å². The number of alkyl halides is 1. The summed E-state index contributed by atoms with van der Waals surface area (Å²) in [6.07, 6.45) is 1.04. The van der Waals surface area contributed by atoms with E-state index in [9.17, 15) is 9.59 Å². The lowest BCUT2D eigenvalue weighted by atomic mass is 10.4. The molecule has 0 aromatic carbocycles. The zero-order valence-electron chi connectivity index (χ0n) is 7.03. The minimum absolute atomic E-state index is 0.0778. The third-order valence-corrected chi connectivity index (χ3v) is 1.60. The third-order valence-electron chi connectivity index (χ3n) is 1.34. The minimum atomic E-state index is -1.16. The maximum atomic E-state index is 11.2. The summed E-state index contributed by atoms with van der Waals surface area (Å²) in [6.45, 7) is -0.578. The van der Waals surface area contributed by atoms with Crippen molar-refractivity contribution in [1.82, 2.24) is 0 Å². The third kappa shape index (κ3) is 2.77. The summed E-state index contributed by atoms with van der Waals surface area (Å²) in [5, 5.41) is 8.29. The highest BCUT2D eigenvalue weighted by atomic mass is 35.5. The van der Waals surface area contributed by atoms with E-state index in [1.54, 1.807) is 0 Å². The molecule has 5 nitrogen and oxygen atoms in total. The van der Waals surface area contributed by atoms with Crippen LogP contribution in [0.2, 0.25) is 0 Å². The number of ether oxygens (including phenoxy) is 1. The molecule has 0 unspecified atom stereocenters. The maximum absolute atomic E-state index is 11.2. The molecule has 0 aliphatic rings. The van der Waals surface area contributed by atoms with Crippen LogP contribution in [-0.4, -0.2) is 17.7 Å². The summed E-state index contributed by atoms with van der Waals surface area (Å²) in [7, 11) is 0. The Kier molecular flexibility index (Phi) is 3.53. The van der Waals surface area contributed by atoms with Crippen LogP contribution in [0, 0.1) is 0 Å². The second kappa shape index (κ2) is 4.66. The summed E-state index contributed by atoms with van der Waals surface area (Å²) >= 11 is 5.41. The first-order valence-corrected chi connectivity index (χ1v) is 4.19. The molecular weight excluding hydrogens is 212 g/mol. The van der Waals surface area contributed by atoms with Crippen LogP contribution in [0.1, 0.15) is 5.76 Å². The van der Waals surface area contributed by atoms with Crippen molar-refractivity contribution in [2.75, 3.05) is 6.61 Å². The number of carboxylic acids is 1. The van der Waals surface area contributed by atoms with Crippen LogP contribution in [0.25, 0.3) is 0 Å². The fourth-order valence-electron chi connectivity index (χ4n) is 0.753. The number of carboxylic acid groups (broad SMARTS) is 1. The Morgan fingerprint density at radius 2 is 2.36 bits per heavy atom. The molecule has 0 spiro atoms. The van der Waals surface area contributed by atoms with E-state index in [1.807, 2.05) is 0 Å². The molecule has 0 atom stereocenters. The average Bonchev–Trinajstić information content (AvgIpc) is 2.15. The molecule has 0 radical (unpaired) electrons. The molecule has 0 saturated heterocycles. The van der Waals surface area contributed by atoms with Crippen LogP contribution < -0.4 is 10.2 Å². The molecule has 76 valence electrons. The van der Waals surface area contributed by atoms with Gasteiger partial charge in [0.1, 0.15) is 12.0 Å². The molecule has 1 heterocycles. The molecule has 0 saturated carbocycles. The monoisotopic (exact) mass is 218 g/mol. The highest BCUT2D eigenvalue weighted by Crippen LogP contribution is 2.07. The Bertz CT molecular complexity index is 384. The summed E-state index contributed by atoms with van der Waals surface area (Å²) < 4.78 is 9.52. The highest BCUT2D eigenvalue weighted by molar-refractivity contribution is 6.16. The van der Waals surface area contributed by atoms with Crippen molar-refractivity contribution in [3.63, 3.8) is 0 Å². The van der Waals surface area contributed by atoms with Crippen LogP contribution in [0.5, 0.6) is 5.75 Å². The molecular formula is C8H7ClO5. The first kappa shape index (κ1) is 10.6. The first-order valence-electron chi connectivity index (χ1n) is 3.65. The molecule has 1 rings (SSSR count). The van der Waals surface area contributed by atoms with Crippen molar-refractivity contribution < 1.29 is 19.1 Å². The van der Waals surface area contributed by atoms with Crippen molar-refractivity contribution in [3.05, 3.63) is 28.3 Å². The standard InChI is InChI=1S/C8H7ClO5/c9-2-5-1-6(10)7(3-13-5)14-4-8(11)12/h1,3H,2,4H2,(H,11,12). The summed E-state index contributed by atoms with van der Waals surface area (Å²) in [5.41, 5.74) is -0.451. The summed E-state index contributed by atoms with van der Waals surface area (Å²) in [6, 6.07) is 1.16. The van der Waals surface area contributed by atoms with E-state index >= 15 is 0 Å². The summed E-state index contributed by atoms with van der Waals surface area (Å²) in [4.78, 5) is 21.3. The molecule has 0 amide bonds. The minimum Gasteiger partial charge on any atom is -0.479 e. The molecule has 6 heteroatoms. The Balaban J connectivity index is 2.79. The van der Waals surface area contributed by atoms with E-state index in [-0.39, 0.29) is 11.6 Å². The number of aliphatic carboxylic acids is 1. The molecule has 1 aromatic rings. The van der Waals surface area contributed by atoms with Gasteiger partial charge in [0, 0.05) is 6.07 Å². The predicted octanol–water partition coefficient (Wildman–Crippen LogP) is 0.842. The van der Waals surface area contributed by atoms with Gasteiger partial charge in [0.2, 0.25) is 11.2 Å². The Hall–Kier alpha value is -1.49. The van der Waals surface area contributed by atoms with Gasteiger partial charge in [-0.25, -0.2) is 4.79 Å². The SMILES string of the molecule is O=C(O)COc1coc(CCl)cc1=O. The average molecular weight is 219 g/mol. The van der Waals surface area contributed by atoms with Crippen LogP contribution in [0.15, 0.2) is 21.5 Å². The van der Waals surface area contributed by atoms with Crippen LogP contribution in [0.3, 0.4) is 0 Å². The van der Waals surface area contributed by atoms with Gasteiger partial charge in [-0.3, -0.25) is 4.79 Å². The number of hydrogen-bond donors (Lipinski definition) is 1. The van der Waals surface area contributed by atoms with Crippen LogP contribution in [0.4, 0.5) is 0 Å². The smallest absolute Gasteiger partial charge is 0.341 e. The van der Waals surface area contributed by atoms with E-state index in [0.717, 1.165) is 12.3 Å². The molecule has 1 N–H and O–H groups in total. The topological polar surface area (TPSA) is 76.7 Å². The molecule has 0 aliphatic carbocycles. The summed E-state index contributed by atoms with van der Waals surface area (Å²) in [5.74, 6) is -0.916. The molecule has 14 heavy (non-hydrogen) atoms. The maximum Gasteiger partial charge on any atom is 0.341 e. The number of halogens is 1. The fraction of sp³-hybridized carbons (Fsp3) is 0.250. The van der Waals surface area contributed by atoms with Crippen molar-refractivity contribution >= 4 is 17.6 Å². The number of hydrogen-bond acceptors (Lipinski definition) is 4. The quantitative estimate of drug-likeness (QED) is 0.758. The lowest BCUT2D eigenvalue weighted by Gasteiger charge is -2.01. The Morgan fingerprint density at radius 3 is 2.86 bits per heavy atom. The second-order valence-corrected chi connectivity index (χ2v) is 2.66. The van der Waals surface area contributed by atoms with Crippen LogP contribution >= 0.6 is 11.6 Å². The molecule has 0 fully saturated rings. The van der Waals surface area contributed by atoms with Gasteiger partial charge in [-0.1, -0.05) is 0 Å². The van der Waals surface area contributed by atoms with Gasteiger partial charge >= 0.3 is 5.97 Å². The number of carbonyl (C=O) groups is 1.